The fourth-order valence-electron chi connectivity index (χ4n) is 2.79. The van der Waals surface area contributed by atoms with Crippen LogP contribution in [0.2, 0.25) is 0 Å². The highest BCUT2D eigenvalue weighted by Crippen LogP contribution is 2.24. The predicted octanol–water partition coefficient (Wildman–Crippen LogP) is 3.81. The van der Waals surface area contributed by atoms with Gasteiger partial charge in [-0.05, 0) is 48.7 Å². The average Bonchev–Trinajstić information content (AvgIpc) is 3.37. The summed E-state index contributed by atoms with van der Waals surface area (Å²) in [4.78, 5) is 29.6. The molecule has 0 spiro atoms. The second kappa shape index (κ2) is 7.24. The van der Waals surface area contributed by atoms with E-state index in [4.69, 9.17) is 0 Å². The second-order valence-electron chi connectivity index (χ2n) is 6.08. The lowest BCUT2D eigenvalue weighted by Crippen LogP contribution is -2.15. The zero-order valence-electron chi connectivity index (χ0n) is 15.2. The lowest BCUT2D eigenvalue weighted by molar-refractivity contribution is 0.0600. The molecular weight excluding hydrogens is 376 g/mol. The van der Waals surface area contributed by atoms with Crippen LogP contribution in [0.1, 0.15) is 26.5 Å². The van der Waals surface area contributed by atoms with Crippen LogP contribution < -0.4 is 5.32 Å². The Hall–Kier alpha value is -3.52. The molecule has 0 aliphatic carbocycles. The molecule has 1 aromatic carbocycles. The number of amides is 1. The summed E-state index contributed by atoms with van der Waals surface area (Å²) in [5.41, 5.74) is 3.50. The molecule has 3 aromatic heterocycles. The number of hydrogen-bond acceptors (Lipinski definition) is 6. The number of rotatable bonds is 4. The number of benzene rings is 1. The van der Waals surface area contributed by atoms with E-state index in [1.807, 2.05) is 30.5 Å². The molecule has 0 unspecified atom stereocenters. The highest BCUT2D eigenvalue weighted by molar-refractivity contribution is 7.13. The van der Waals surface area contributed by atoms with Gasteiger partial charge in [0.2, 0.25) is 0 Å². The molecule has 140 valence electrons. The summed E-state index contributed by atoms with van der Waals surface area (Å²) in [5.74, 6) is -0.766. The molecule has 0 aliphatic rings. The van der Waals surface area contributed by atoms with E-state index in [2.05, 4.69) is 20.1 Å². The molecule has 7 nitrogen and oxygen atoms in total. The third-order valence-electron chi connectivity index (χ3n) is 4.18. The number of anilines is 1. The maximum atomic E-state index is 12.6. The summed E-state index contributed by atoms with van der Waals surface area (Å²) >= 11 is 1.60. The fourth-order valence-corrected chi connectivity index (χ4v) is 3.47. The Morgan fingerprint density at radius 3 is 2.61 bits per heavy atom. The molecule has 4 aromatic rings. The van der Waals surface area contributed by atoms with Gasteiger partial charge in [0, 0.05) is 17.4 Å². The van der Waals surface area contributed by atoms with Gasteiger partial charge in [0.1, 0.15) is 11.4 Å². The predicted molar refractivity (Wildman–Crippen MR) is 107 cm³/mol. The van der Waals surface area contributed by atoms with Crippen LogP contribution in [-0.4, -0.2) is 33.6 Å². The Balaban J connectivity index is 1.59. The van der Waals surface area contributed by atoms with Gasteiger partial charge in [-0.15, -0.1) is 11.3 Å². The van der Waals surface area contributed by atoms with Crippen molar-refractivity contribution in [2.75, 3.05) is 12.4 Å². The number of aromatic nitrogens is 3. The Labute approximate surface area is 164 Å². The molecule has 1 N–H and O–H groups in total. The van der Waals surface area contributed by atoms with Crippen LogP contribution >= 0.6 is 11.3 Å². The van der Waals surface area contributed by atoms with E-state index < -0.39 is 5.97 Å². The van der Waals surface area contributed by atoms with E-state index in [1.54, 1.807) is 46.2 Å². The molecule has 1 amide bonds. The minimum absolute atomic E-state index is 0.291. The van der Waals surface area contributed by atoms with E-state index in [0.717, 1.165) is 16.3 Å². The molecule has 0 bridgehead atoms. The monoisotopic (exact) mass is 392 g/mol. The first-order valence-electron chi connectivity index (χ1n) is 8.46. The molecule has 0 saturated carbocycles. The van der Waals surface area contributed by atoms with Gasteiger partial charge in [-0.25, -0.2) is 14.3 Å². The first-order valence-corrected chi connectivity index (χ1v) is 9.34. The van der Waals surface area contributed by atoms with Crippen molar-refractivity contribution in [2.45, 2.75) is 6.92 Å². The van der Waals surface area contributed by atoms with Crippen molar-refractivity contribution < 1.29 is 14.3 Å². The van der Waals surface area contributed by atoms with Crippen LogP contribution in [0.25, 0.3) is 16.2 Å². The zero-order chi connectivity index (χ0) is 19.7. The second-order valence-corrected chi connectivity index (χ2v) is 7.03. The summed E-state index contributed by atoms with van der Waals surface area (Å²) in [6.07, 6.45) is 0. The number of aryl methyl sites for hydroxylation is 1. The largest absolute Gasteiger partial charge is 0.465 e. The molecule has 0 atom stereocenters. The molecule has 0 saturated heterocycles. The van der Waals surface area contributed by atoms with Crippen molar-refractivity contribution in [1.82, 2.24) is 14.6 Å². The average molecular weight is 392 g/mol. The molecule has 0 radical (unpaired) electrons. The number of carbonyl (C=O) groups is 2. The normalized spacial score (nSPS) is 10.8. The number of methoxy groups -OCH3 is 1. The van der Waals surface area contributed by atoms with Gasteiger partial charge in [-0.1, -0.05) is 6.07 Å². The molecule has 28 heavy (non-hydrogen) atoms. The quantitative estimate of drug-likeness (QED) is 0.534. The molecule has 4 rings (SSSR count). The number of hydrogen-bond donors (Lipinski definition) is 1. The summed E-state index contributed by atoms with van der Waals surface area (Å²) in [6.45, 7) is 1.88. The SMILES string of the molecule is COC(=O)c1ccc(NC(=O)c2cc(C)n3nc(-c4cccs4)cc3n2)cc1. The standard InChI is InChI=1S/C20H16N4O3S/c1-12-10-16(19(25)21-14-7-5-13(6-8-14)20(26)27-2)22-18-11-15(23-24(12)18)17-4-3-9-28-17/h3-11H,1-2H3,(H,21,25). The minimum atomic E-state index is -0.428. The third kappa shape index (κ3) is 3.37. The number of ether oxygens (including phenoxy) is 1. The van der Waals surface area contributed by atoms with Crippen molar-refractivity contribution in [3.63, 3.8) is 0 Å². The fraction of sp³-hybridized carbons (Fsp3) is 0.100. The van der Waals surface area contributed by atoms with Crippen molar-refractivity contribution in [2.24, 2.45) is 0 Å². The van der Waals surface area contributed by atoms with E-state index >= 15 is 0 Å². The highest BCUT2D eigenvalue weighted by atomic mass is 32.1. The van der Waals surface area contributed by atoms with Gasteiger partial charge in [0.15, 0.2) is 5.65 Å². The van der Waals surface area contributed by atoms with Crippen LogP contribution in [0.4, 0.5) is 5.69 Å². The lowest BCUT2D eigenvalue weighted by Gasteiger charge is -2.07. The van der Waals surface area contributed by atoms with Crippen LogP contribution in [0.5, 0.6) is 0 Å². The molecule has 8 heteroatoms. The van der Waals surface area contributed by atoms with Crippen LogP contribution in [0.3, 0.4) is 0 Å². The number of carbonyl (C=O) groups excluding carboxylic acids is 2. The minimum Gasteiger partial charge on any atom is -0.465 e. The zero-order valence-corrected chi connectivity index (χ0v) is 16.0. The van der Waals surface area contributed by atoms with Gasteiger partial charge in [0.05, 0.1) is 17.6 Å². The summed E-state index contributed by atoms with van der Waals surface area (Å²) in [5, 5.41) is 9.34. The number of thiophene rings is 1. The van der Waals surface area contributed by atoms with E-state index in [1.165, 1.54) is 7.11 Å². The van der Waals surface area contributed by atoms with Crippen molar-refractivity contribution in [1.29, 1.82) is 0 Å². The summed E-state index contributed by atoms with van der Waals surface area (Å²) < 4.78 is 6.38. The highest BCUT2D eigenvalue weighted by Gasteiger charge is 2.14. The van der Waals surface area contributed by atoms with Crippen molar-refractivity contribution >= 4 is 34.5 Å². The smallest absolute Gasteiger partial charge is 0.337 e. The van der Waals surface area contributed by atoms with Gasteiger partial charge in [-0.3, -0.25) is 4.79 Å². The summed E-state index contributed by atoms with van der Waals surface area (Å²) in [6, 6.07) is 14.0. The van der Waals surface area contributed by atoms with E-state index in [-0.39, 0.29) is 5.91 Å². The van der Waals surface area contributed by atoms with Gasteiger partial charge in [-0.2, -0.15) is 5.10 Å². The van der Waals surface area contributed by atoms with E-state index in [9.17, 15) is 9.59 Å². The Bertz CT molecular complexity index is 1160. The van der Waals surface area contributed by atoms with Gasteiger partial charge in [0.25, 0.3) is 5.91 Å². The lowest BCUT2D eigenvalue weighted by atomic mass is 10.2. The Morgan fingerprint density at radius 1 is 1.14 bits per heavy atom. The molecule has 0 fully saturated rings. The number of nitrogens with one attached hydrogen (secondary N) is 1. The molecule has 3 heterocycles. The van der Waals surface area contributed by atoms with Crippen molar-refractivity contribution in [3.05, 3.63) is 70.9 Å². The van der Waals surface area contributed by atoms with Gasteiger partial charge < -0.3 is 10.1 Å². The third-order valence-corrected chi connectivity index (χ3v) is 5.07. The van der Waals surface area contributed by atoms with Crippen LogP contribution in [-0.2, 0) is 4.74 Å². The molecule has 0 aliphatic heterocycles. The number of esters is 1. The van der Waals surface area contributed by atoms with Crippen LogP contribution in [0.15, 0.2) is 53.9 Å². The first kappa shape index (κ1) is 17.9. The first-order chi connectivity index (χ1) is 13.5. The van der Waals surface area contributed by atoms with Crippen molar-refractivity contribution in [3.8, 4) is 10.6 Å². The van der Waals surface area contributed by atoms with E-state index in [0.29, 0.717) is 22.6 Å². The molecular formula is C20H16N4O3S. The van der Waals surface area contributed by atoms with Gasteiger partial charge >= 0.3 is 5.97 Å². The Morgan fingerprint density at radius 2 is 1.93 bits per heavy atom. The topological polar surface area (TPSA) is 85.6 Å². The summed E-state index contributed by atoms with van der Waals surface area (Å²) in [7, 11) is 1.32. The maximum Gasteiger partial charge on any atom is 0.337 e. The maximum absolute atomic E-state index is 12.6. The number of fused-ring (bicyclic) bond motifs is 1. The number of nitrogens with zero attached hydrogens (tertiary/aromatic N) is 3. The van der Waals surface area contributed by atoms with Crippen LogP contribution in [0, 0.1) is 6.92 Å². The Kier molecular flexibility index (Phi) is 4.62.